The number of nitrogens with zero attached hydrogens (tertiary/aromatic N) is 4. The number of carbonyl (C=O) groups is 1. The third kappa shape index (κ3) is 4.73. The summed E-state index contributed by atoms with van der Waals surface area (Å²) in [6.07, 6.45) is 1.29. The first kappa shape index (κ1) is 20.5. The van der Waals surface area contributed by atoms with Gasteiger partial charge >= 0.3 is 35.6 Å². The number of benzene rings is 1. The van der Waals surface area contributed by atoms with Crippen molar-refractivity contribution in [1.82, 2.24) is 5.01 Å². The van der Waals surface area contributed by atoms with E-state index < -0.39 is 16.9 Å². The van der Waals surface area contributed by atoms with Gasteiger partial charge in [-0.3, -0.25) is 10.1 Å². The minimum atomic E-state index is -0.714. The predicted octanol–water partition coefficient (Wildman–Crippen LogP) is -2.44. The normalized spacial score (nSPS) is 13.4. The summed E-state index contributed by atoms with van der Waals surface area (Å²) in [4.78, 5) is 24.6. The van der Waals surface area contributed by atoms with Gasteiger partial charge < -0.3 is 15.0 Å². The number of furan rings is 1. The Labute approximate surface area is 163 Å². The molecule has 2 N–H and O–H groups in total. The molecular weight excluding hydrogens is 343 g/mol. The fourth-order valence-electron chi connectivity index (χ4n) is 1.94. The minimum absolute atomic E-state index is 0. The molecule has 2 amide bonds. The van der Waals surface area contributed by atoms with Crippen LogP contribution in [0.5, 0.6) is 0 Å². The van der Waals surface area contributed by atoms with Crippen LogP contribution >= 0.6 is 0 Å². The first-order valence-electron chi connectivity index (χ1n) is 6.47. The molecule has 2 heterocycles. The molecule has 1 aliphatic rings. The molecule has 0 fully saturated rings. The number of carbonyl (C=O) groups excluding carboxylic acids is 1. The SMILES string of the molecule is O.O=C1N=C([O-])CN1/N=C\c1ccc(-c2ccc([N+](=O)[O-])cc2)o1.[Na+]. The number of hydrogen-bond acceptors (Lipinski definition) is 6. The van der Waals surface area contributed by atoms with Crippen molar-refractivity contribution < 1.29 is 54.3 Å². The van der Waals surface area contributed by atoms with Gasteiger partial charge in [0.15, 0.2) is 0 Å². The fourth-order valence-corrected chi connectivity index (χ4v) is 1.94. The number of rotatable bonds is 4. The molecule has 0 bridgehead atoms. The van der Waals surface area contributed by atoms with E-state index in [4.69, 9.17) is 4.42 Å². The number of urea groups is 1. The number of non-ortho nitro benzene ring substituents is 1. The Hall–Kier alpha value is -2.53. The van der Waals surface area contributed by atoms with Crippen LogP contribution in [0.15, 0.2) is 50.9 Å². The second-order valence-corrected chi connectivity index (χ2v) is 4.60. The van der Waals surface area contributed by atoms with E-state index in [1.54, 1.807) is 24.3 Å². The summed E-state index contributed by atoms with van der Waals surface area (Å²) in [5, 5.41) is 26.3. The standard InChI is InChI=1S/C14H10N4O5.Na.H2O/c19-13-8-17(14(20)16-13)15-7-11-5-6-12(23-11)9-1-3-10(4-2-9)18(21)22;;/h1-7H,8H2,(H,16,19,20);;1H2/q;+1;/p-1/b15-7-;;. The summed E-state index contributed by atoms with van der Waals surface area (Å²) in [5.41, 5.74) is 0.653. The molecule has 1 aromatic heterocycles. The van der Waals surface area contributed by atoms with Gasteiger partial charge in [-0.05, 0) is 30.2 Å². The third-order valence-electron chi connectivity index (χ3n) is 3.04. The van der Waals surface area contributed by atoms with Gasteiger partial charge in [0.1, 0.15) is 11.5 Å². The number of nitro benzene ring substituents is 1. The van der Waals surface area contributed by atoms with E-state index in [0.717, 1.165) is 5.01 Å². The summed E-state index contributed by atoms with van der Waals surface area (Å²) < 4.78 is 5.52. The molecule has 10 nitrogen and oxygen atoms in total. The van der Waals surface area contributed by atoms with E-state index in [1.807, 2.05) is 0 Å². The van der Waals surface area contributed by atoms with Crippen LogP contribution in [0.25, 0.3) is 11.3 Å². The van der Waals surface area contributed by atoms with E-state index in [0.29, 0.717) is 17.1 Å². The summed E-state index contributed by atoms with van der Waals surface area (Å²) >= 11 is 0. The third-order valence-corrected chi connectivity index (χ3v) is 3.04. The van der Waals surface area contributed by atoms with Crippen LogP contribution in [-0.4, -0.2) is 40.1 Å². The molecule has 25 heavy (non-hydrogen) atoms. The van der Waals surface area contributed by atoms with Gasteiger partial charge in [0.2, 0.25) is 0 Å². The maximum Gasteiger partial charge on any atom is 1.00 e. The maximum atomic E-state index is 11.3. The van der Waals surface area contributed by atoms with Gasteiger partial charge in [-0.15, -0.1) is 0 Å². The van der Waals surface area contributed by atoms with Gasteiger partial charge in [0.05, 0.1) is 17.7 Å². The number of nitro groups is 1. The largest absolute Gasteiger partial charge is 1.00 e. The maximum absolute atomic E-state index is 11.3. The van der Waals surface area contributed by atoms with E-state index in [1.165, 1.54) is 18.3 Å². The van der Waals surface area contributed by atoms with Crippen molar-refractivity contribution in [3.63, 3.8) is 0 Å². The molecule has 1 aromatic carbocycles. The Balaban J connectivity index is 0.00000156. The monoisotopic (exact) mass is 354 g/mol. The predicted molar refractivity (Wildman–Crippen MR) is 81.5 cm³/mol. The van der Waals surface area contributed by atoms with Gasteiger partial charge in [-0.1, -0.05) is 0 Å². The molecule has 124 valence electrons. The van der Waals surface area contributed by atoms with Crippen molar-refractivity contribution in [3.05, 3.63) is 52.3 Å². The van der Waals surface area contributed by atoms with Gasteiger partial charge in [-0.25, -0.2) is 14.8 Å². The van der Waals surface area contributed by atoms with Crippen molar-refractivity contribution in [2.75, 3.05) is 6.54 Å². The zero-order valence-corrected chi connectivity index (χ0v) is 15.1. The first-order chi connectivity index (χ1) is 11.0. The Morgan fingerprint density at radius 2 is 1.92 bits per heavy atom. The molecule has 0 unspecified atom stereocenters. The molecule has 1 aliphatic heterocycles. The smallest absolute Gasteiger partial charge is 0.860 e. The minimum Gasteiger partial charge on any atom is -0.860 e. The van der Waals surface area contributed by atoms with Crippen molar-refractivity contribution in [3.8, 4) is 11.3 Å². The van der Waals surface area contributed by atoms with Crippen molar-refractivity contribution in [2.45, 2.75) is 0 Å². The Bertz CT molecular complexity index is 830. The second-order valence-electron chi connectivity index (χ2n) is 4.60. The summed E-state index contributed by atoms with van der Waals surface area (Å²) in [6, 6.07) is 8.47. The van der Waals surface area contributed by atoms with E-state index >= 15 is 0 Å². The number of amides is 2. The molecular formula is C14H11N4NaO6. The Morgan fingerprint density at radius 1 is 1.24 bits per heavy atom. The van der Waals surface area contributed by atoms with Crippen LogP contribution in [0.1, 0.15) is 5.76 Å². The first-order valence-corrected chi connectivity index (χ1v) is 6.47. The molecule has 2 aromatic rings. The fraction of sp³-hybridized carbons (Fsp3) is 0.0714. The topological polar surface area (TPSA) is 156 Å². The Morgan fingerprint density at radius 3 is 2.48 bits per heavy atom. The summed E-state index contributed by atoms with van der Waals surface area (Å²) in [6.45, 7) is -0.189. The zero-order chi connectivity index (χ0) is 16.4. The van der Waals surface area contributed by atoms with Crippen molar-refractivity contribution >= 4 is 23.8 Å². The van der Waals surface area contributed by atoms with E-state index in [-0.39, 0.29) is 47.3 Å². The quantitative estimate of drug-likeness (QED) is 0.258. The van der Waals surface area contributed by atoms with Gasteiger partial charge in [-0.2, -0.15) is 5.10 Å². The van der Waals surface area contributed by atoms with Crippen LogP contribution in [0.3, 0.4) is 0 Å². The molecule has 0 spiro atoms. The van der Waals surface area contributed by atoms with Crippen LogP contribution in [-0.2, 0) is 0 Å². The van der Waals surface area contributed by atoms with Crippen LogP contribution in [0.2, 0.25) is 0 Å². The molecule has 0 aliphatic carbocycles. The average Bonchev–Trinajstić information content (AvgIpc) is 3.11. The molecule has 0 saturated carbocycles. The molecule has 11 heteroatoms. The van der Waals surface area contributed by atoms with Crippen LogP contribution in [0, 0.1) is 10.1 Å². The average molecular weight is 354 g/mol. The summed E-state index contributed by atoms with van der Waals surface area (Å²) in [7, 11) is 0. The van der Waals surface area contributed by atoms with Gasteiger partial charge in [0.25, 0.3) is 5.69 Å². The summed E-state index contributed by atoms with van der Waals surface area (Å²) in [5.74, 6) is 0.318. The van der Waals surface area contributed by atoms with E-state index in [9.17, 15) is 20.0 Å². The van der Waals surface area contributed by atoms with Crippen molar-refractivity contribution in [2.24, 2.45) is 10.1 Å². The van der Waals surface area contributed by atoms with Crippen molar-refractivity contribution in [1.29, 1.82) is 0 Å². The number of aliphatic imine (C=N–C) groups is 1. The molecule has 0 atom stereocenters. The second kappa shape index (κ2) is 8.53. The van der Waals surface area contributed by atoms with Crippen LogP contribution in [0.4, 0.5) is 10.5 Å². The zero-order valence-electron chi connectivity index (χ0n) is 13.1. The van der Waals surface area contributed by atoms with E-state index in [2.05, 4.69) is 10.1 Å². The molecule has 3 rings (SSSR count). The van der Waals surface area contributed by atoms with Crippen LogP contribution < -0.4 is 34.7 Å². The number of hydrazone groups is 1. The molecule has 0 radical (unpaired) electrons. The Kier molecular flexibility index (Phi) is 7.00. The number of hydrogen-bond donors (Lipinski definition) is 0. The molecule has 0 saturated heterocycles. The van der Waals surface area contributed by atoms with Gasteiger partial charge in [0, 0.05) is 17.7 Å².